The first kappa shape index (κ1) is 18.2. The molecule has 7 nitrogen and oxygen atoms in total. The summed E-state index contributed by atoms with van der Waals surface area (Å²) in [7, 11) is 0. The fourth-order valence-electron chi connectivity index (χ4n) is 2.80. The van der Waals surface area contributed by atoms with E-state index >= 15 is 0 Å². The predicted molar refractivity (Wildman–Crippen MR) is 104 cm³/mol. The first-order chi connectivity index (χ1) is 13.7. The summed E-state index contributed by atoms with van der Waals surface area (Å²) < 4.78 is 5.23. The Labute approximate surface area is 166 Å². The van der Waals surface area contributed by atoms with E-state index < -0.39 is 6.10 Å². The Morgan fingerprint density at radius 2 is 1.89 bits per heavy atom. The van der Waals surface area contributed by atoms with Crippen molar-refractivity contribution in [1.82, 2.24) is 15.5 Å². The van der Waals surface area contributed by atoms with Gasteiger partial charge >= 0.3 is 0 Å². The Hall–Kier alpha value is -3.19. The minimum atomic E-state index is -0.645. The first-order valence-corrected chi connectivity index (χ1v) is 9.21. The van der Waals surface area contributed by atoms with Gasteiger partial charge in [-0.1, -0.05) is 64.4 Å². The molecule has 1 aliphatic heterocycles. The molecule has 0 saturated carbocycles. The number of nitrogens with one attached hydrogen (secondary N) is 1. The Morgan fingerprint density at radius 1 is 1.11 bits per heavy atom. The number of nitrogens with zero attached hydrogens (tertiary/aromatic N) is 3. The number of amides is 1. The highest BCUT2D eigenvalue weighted by Gasteiger charge is 2.28. The summed E-state index contributed by atoms with van der Waals surface area (Å²) in [5.41, 5.74) is 2.49. The lowest BCUT2D eigenvalue weighted by Gasteiger charge is -2.08. The molecule has 8 heteroatoms. The Balaban J connectivity index is 1.25. The molecule has 1 unspecified atom stereocenters. The molecule has 0 spiro atoms. The highest BCUT2D eigenvalue weighted by Crippen LogP contribution is 2.19. The van der Waals surface area contributed by atoms with Gasteiger partial charge in [-0.15, -0.1) is 0 Å². The predicted octanol–water partition coefficient (Wildman–Crippen LogP) is 3.24. The Morgan fingerprint density at radius 3 is 2.68 bits per heavy atom. The van der Waals surface area contributed by atoms with Crippen LogP contribution in [0.4, 0.5) is 0 Å². The summed E-state index contributed by atoms with van der Waals surface area (Å²) >= 11 is 5.89. The SMILES string of the molecule is O=C(NCCc1nc(-c2ccccc2)no1)C1CC(c2ccc(Cl)cc2)=NO1. The molecule has 1 N–H and O–H groups in total. The summed E-state index contributed by atoms with van der Waals surface area (Å²) in [5, 5.41) is 11.4. The van der Waals surface area contributed by atoms with Gasteiger partial charge < -0.3 is 14.7 Å². The van der Waals surface area contributed by atoms with Crippen molar-refractivity contribution in [3.05, 3.63) is 71.1 Å². The molecule has 0 fully saturated rings. The van der Waals surface area contributed by atoms with E-state index in [1.165, 1.54) is 0 Å². The van der Waals surface area contributed by atoms with E-state index in [0.717, 1.165) is 16.8 Å². The van der Waals surface area contributed by atoms with Crippen LogP contribution in [-0.4, -0.2) is 34.4 Å². The largest absolute Gasteiger partial charge is 0.382 e. The van der Waals surface area contributed by atoms with Crippen molar-refractivity contribution in [3.8, 4) is 11.4 Å². The van der Waals surface area contributed by atoms with E-state index in [1.54, 1.807) is 12.1 Å². The van der Waals surface area contributed by atoms with Gasteiger partial charge in [0.2, 0.25) is 17.8 Å². The minimum absolute atomic E-state index is 0.226. The zero-order valence-electron chi connectivity index (χ0n) is 14.8. The Bertz CT molecular complexity index is 986. The van der Waals surface area contributed by atoms with E-state index in [1.807, 2.05) is 42.5 Å². The van der Waals surface area contributed by atoms with Crippen molar-refractivity contribution >= 4 is 23.2 Å². The monoisotopic (exact) mass is 396 g/mol. The third-order valence-electron chi connectivity index (χ3n) is 4.28. The zero-order chi connectivity index (χ0) is 19.3. The average molecular weight is 397 g/mol. The summed E-state index contributed by atoms with van der Waals surface area (Å²) in [6.45, 7) is 0.366. The van der Waals surface area contributed by atoms with Crippen molar-refractivity contribution in [1.29, 1.82) is 0 Å². The van der Waals surface area contributed by atoms with E-state index in [9.17, 15) is 4.79 Å². The number of rotatable bonds is 6. The van der Waals surface area contributed by atoms with Crippen molar-refractivity contribution in [2.24, 2.45) is 5.16 Å². The number of halogens is 1. The van der Waals surface area contributed by atoms with Crippen LogP contribution in [-0.2, 0) is 16.1 Å². The van der Waals surface area contributed by atoms with Gasteiger partial charge in [0, 0.05) is 30.0 Å². The van der Waals surface area contributed by atoms with Crippen molar-refractivity contribution < 1.29 is 14.2 Å². The van der Waals surface area contributed by atoms with Crippen LogP contribution >= 0.6 is 11.6 Å². The first-order valence-electron chi connectivity index (χ1n) is 8.83. The van der Waals surface area contributed by atoms with Crippen LogP contribution < -0.4 is 5.32 Å². The molecule has 0 saturated heterocycles. The summed E-state index contributed by atoms with van der Waals surface area (Å²) in [6, 6.07) is 16.8. The zero-order valence-corrected chi connectivity index (χ0v) is 15.6. The molecule has 1 atom stereocenters. The standard InChI is InChI=1S/C20H17ClN4O3/c21-15-8-6-13(7-9-15)16-12-17(27-24-16)20(26)22-11-10-18-23-19(25-28-18)14-4-2-1-3-5-14/h1-9,17H,10-12H2,(H,22,26). The van der Waals surface area contributed by atoms with Crippen LogP contribution in [0.15, 0.2) is 64.3 Å². The van der Waals surface area contributed by atoms with Crippen LogP contribution in [0.1, 0.15) is 17.9 Å². The third kappa shape index (κ3) is 4.20. The number of oxime groups is 1. The molecule has 142 valence electrons. The number of hydrogen-bond donors (Lipinski definition) is 1. The number of carbonyl (C=O) groups excluding carboxylic acids is 1. The second-order valence-corrected chi connectivity index (χ2v) is 6.70. The van der Waals surface area contributed by atoms with Crippen LogP contribution in [0.5, 0.6) is 0 Å². The number of benzene rings is 2. The molecular weight excluding hydrogens is 380 g/mol. The maximum atomic E-state index is 12.3. The molecule has 1 aliphatic rings. The summed E-state index contributed by atoms with van der Waals surface area (Å²) in [5.74, 6) is 0.766. The van der Waals surface area contributed by atoms with Crippen LogP contribution in [0.2, 0.25) is 5.02 Å². The topological polar surface area (TPSA) is 89.6 Å². The average Bonchev–Trinajstić information content (AvgIpc) is 3.39. The number of carbonyl (C=O) groups is 1. The van der Waals surface area contributed by atoms with Gasteiger partial charge in [-0.05, 0) is 17.7 Å². The lowest BCUT2D eigenvalue weighted by atomic mass is 10.0. The molecule has 0 aliphatic carbocycles. The molecule has 3 aromatic rings. The summed E-state index contributed by atoms with van der Waals surface area (Å²) in [6.07, 6.45) is 0.197. The fraction of sp³-hybridized carbons (Fsp3) is 0.200. The fourth-order valence-corrected chi connectivity index (χ4v) is 2.92. The number of hydrogen-bond acceptors (Lipinski definition) is 6. The highest BCUT2D eigenvalue weighted by molar-refractivity contribution is 6.30. The molecule has 1 aromatic heterocycles. The van der Waals surface area contributed by atoms with Gasteiger partial charge in [0.15, 0.2) is 0 Å². The Kier molecular flexibility index (Phi) is 5.34. The molecule has 0 bridgehead atoms. The van der Waals surface area contributed by atoms with E-state index in [4.69, 9.17) is 21.0 Å². The van der Waals surface area contributed by atoms with Crippen molar-refractivity contribution in [3.63, 3.8) is 0 Å². The second-order valence-electron chi connectivity index (χ2n) is 6.26. The summed E-state index contributed by atoms with van der Waals surface area (Å²) in [4.78, 5) is 21.9. The third-order valence-corrected chi connectivity index (χ3v) is 4.53. The lowest BCUT2D eigenvalue weighted by molar-refractivity contribution is -0.131. The number of aromatic nitrogens is 2. The molecule has 2 heterocycles. The molecule has 28 heavy (non-hydrogen) atoms. The quantitative estimate of drug-likeness (QED) is 0.690. The van der Waals surface area contributed by atoms with Gasteiger partial charge in [-0.2, -0.15) is 4.98 Å². The lowest BCUT2D eigenvalue weighted by Crippen LogP contribution is -2.36. The van der Waals surface area contributed by atoms with Gasteiger partial charge in [0.05, 0.1) is 5.71 Å². The minimum Gasteiger partial charge on any atom is -0.382 e. The van der Waals surface area contributed by atoms with E-state index in [2.05, 4.69) is 20.6 Å². The van der Waals surface area contributed by atoms with Crippen LogP contribution in [0, 0.1) is 0 Å². The van der Waals surface area contributed by atoms with Crippen LogP contribution in [0.25, 0.3) is 11.4 Å². The maximum Gasteiger partial charge on any atom is 0.264 e. The second kappa shape index (κ2) is 8.22. The smallest absolute Gasteiger partial charge is 0.264 e. The normalized spacial score (nSPS) is 15.8. The van der Waals surface area contributed by atoms with Crippen molar-refractivity contribution in [2.75, 3.05) is 6.54 Å². The maximum absolute atomic E-state index is 12.3. The van der Waals surface area contributed by atoms with Gasteiger partial charge in [0.1, 0.15) is 0 Å². The molecule has 2 aromatic carbocycles. The van der Waals surface area contributed by atoms with Gasteiger partial charge in [-0.3, -0.25) is 4.79 Å². The molecule has 0 radical (unpaired) electrons. The van der Waals surface area contributed by atoms with E-state index in [-0.39, 0.29) is 5.91 Å². The van der Waals surface area contributed by atoms with Crippen molar-refractivity contribution in [2.45, 2.75) is 18.9 Å². The molecule has 4 rings (SSSR count). The van der Waals surface area contributed by atoms with Gasteiger partial charge in [-0.25, -0.2) is 0 Å². The van der Waals surface area contributed by atoms with Gasteiger partial charge in [0.25, 0.3) is 5.91 Å². The van der Waals surface area contributed by atoms with Crippen LogP contribution in [0.3, 0.4) is 0 Å². The molecular formula is C20H17ClN4O3. The van der Waals surface area contributed by atoms with E-state index in [0.29, 0.717) is 36.1 Å². The highest BCUT2D eigenvalue weighted by atomic mass is 35.5. The molecule has 1 amide bonds.